The summed E-state index contributed by atoms with van der Waals surface area (Å²) < 4.78 is 12.6. The summed E-state index contributed by atoms with van der Waals surface area (Å²) in [4.78, 5) is 33.6. The molecule has 3 aromatic rings. The van der Waals surface area contributed by atoms with E-state index in [2.05, 4.69) is 15.3 Å². The predicted molar refractivity (Wildman–Crippen MR) is 112 cm³/mol. The first-order valence-electron chi connectivity index (χ1n) is 9.13. The van der Waals surface area contributed by atoms with Gasteiger partial charge in [-0.3, -0.25) is 9.56 Å². The van der Waals surface area contributed by atoms with E-state index in [0.717, 1.165) is 10.1 Å². The lowest BCUT2D eigenvalue weighted by Crippen LogP contribution is -2.43. The number of methoxy groups -OCH3 is 1. The molecule has 0 aliphatic carbocycles. The largest absolute Gasteiger partial charge is 0.497 e. The molecule has 2 aromatic heterocycles. The highest BCUT2D eigenvalue weighted by molar-refractivity contribution is 5.75. The van der Waals surface area contributed by atoms with Gasteiger partial charge in [-0.15, -0.1) is 0 Å². The fourth-order valence-electron chi connectivity index (χ4n) is 2.77. The van der Waals surface area contributed by atoms with Crippen LogP contribution in [0.3, 0.4) is 0 Å². The zero-order valence-electron chi connectivity index (χ0n) is 16.4. The number of ether oxygens (including phenoxy) is 1. The Hall–Kier alpha value is -4.02. The number of furan rings is 1. The molecule has 0 saturated heterocycles. The van der Waals surface area contributed by atoms with Crippen molar-refractivity contribution >= 4 is 11.9 Å². The van der Waals surface area contributed by atoms with E-state index >= 15 is 0 Å². The second-order valence-corrected chi connectivity index (χ2v) is 6.39. The van der Waals surface area contributed by atoms with Crippen LogP contribution < -0.4 is 32.9 Å². The molecule has 0 spiro atoms. The molecule has 11 nitrogen and oxygen atoms in total. The third-order valence-electron chi connectivity index (χ3n) is 4.26. The first kappa shape index (κ1) is 20.7. The molecule has 0 fully saturated rings. The molecule has 158 valence electrons. The van der Waals surface area contributed by atoms with E-state index in [4.69, 9.17) is 20.6 Å². The van der Waals surface area contributed by atoms with Crippen molar-refractivity contribution in [2.45, 2.75) is 13.1 Å². The molecule has 0 aliphatic heterocycles. The number of benzene rings is 1. The van der Waals surface area contributed by atoms with E-state index < -0.39 is 11.4 Å². The fourth-order valence-corrected chi connectivity index (χ4v) is 2.77. The normalized spacial score (nSPS) is 10.6. The Labute approximate surface area is 171 Å². The van der Waals surface area contributed by atoms with E-state index in [1.807, 2.05) is 12.1 Å². The fraction of sp³-hybridized carbons (Fsp3) is 0.263. The van der Waals surface area contributed by atoms with Crippen molar-refractivity contribution < 1.29 is 9.15 Å². The van der Waals surface area contributed by atoms with Crippen LogP contribution in [0.1, 0.15) is 11.1 Å². The van der Waals surface area contributed by atoms with Crippen molar-refractivity contribution in [1.29, 1.82) is 0 Å². The van der Waals surface area contributed by atoms with Gasteiger partial charge in [0.15, 0.2) is 5.96 Å². The monoisotopic (exact) mass is 413 g/mol. The number of guanidine groups is 1. The van der Waals surface area contributed by atoms with E-state index in [1.54, 1.807) is 25.3 Å². The van der Waals surface area contributed by atoms with Crippen molar-refractivity contribution in [3.63, 3.8) is 0 Å². The molecule has 3 rings (SSSR count). The minimum absolute atomic E-state index is 0.0455. The highest BCUT2D eigenvalue weighted by Gasteiger charge is 2.14. The molecular formula is C19H23N7O4. The average molecular weight is 413 g/mol. The van der Waals surface area contributed by atoms with Gasteiger partial charge in [0.25, 0.3) is 0 Å². The van der Waals surface area contributed by atoms with Crippen LogP contribution in [0.2, 0.25) is 0 Å². The van der Waals surface area contributed by atoms with Gasteiger partial charge in [0, 0.05) is 12.1 Å². The standard InChI is InChI=1S/C19H23N7O4/c1-29-15-4-2-13(3-5-15)10-25-17(23-8-7-22-16(20)21)24-18(27)26(19(25)28)11-14-6-9-30-12-14/h2-6,9,12H,7-8,10-11H2,1H3,(H4,20,21,22)(H,23,24,27). The zero-order valence-corrected chi connectivity index (χ0v) is 16.4. The molecule has 5 N–H and O–H groups in total. The summed E-state index contributed by atoms with van der Waals surface area (Å²) in [5, 5.41) is 2.96. The molecule has 11 heteroatoms. The lowest BCUT2D eigenvalue weighted by Gasteiger charge is -2.15. The first-order valence-corrected chi connectivity index (χ1v) is 9.13. The topological polar surface area (TPSA) is 156 Å². The third kappa shape index (κ3) is 5.07. The van der Waals surface area contributed by atoms with E-state index in [-0.39, 0.29) is 38.1 Å². The quantitative estimate of drug-likeness (QED) is 0.247. The van der Waals surface area contributed by atoms with Crippen LogP contribution >= 0.6 is 0 Å². The van der Waals surface area contributed by atoms with Crippen molar-refractivity contribution in [3.05, 3.63) is 75.0 Å². The summed E-state index contributed by atoms with van der Waals surface area (Å²) in [6, 6.07) is 8.93. The van der Waals surface area contributed by atoms with Crippen molar-refractivity contribution in [2.75, 3.05) is 25.5 Å². The van der Waals surface area contributed by atoms with Gasteiger partial charge < -0.3 is 25.9 Å². The number of aromatic nitrogens is 3. The van der Waals surface area contributed by atoms with Crippen LogP contribution in [0.5, 0.6) is 5.75 Å². The highest BCUT2D eigenvalue weighted by atomic mass is 16.5. The van der Waals surface area contributed by atoms with Crippen molar-refractivity contribution in [2.24, 2.45) is 16.5 Å². The predicted octanol–water partition coefficient (Wildman–Crippen LogP) is -0.211. The zero-order chi connectivity index (χ0) is 21.5. The van der Waals surface area contributed by atoms with Gasteiger partial charge in [0.1, 0.15) is 5.75 Å². The van der Waals surface area contributed by atoms with Crippen LogP contribution in [-0.4, -0.2) is 40.3 Å². The van der Waals surface area contributed by atoms with Gasteiger partial charge in [-0.1, -0.05) is 12.1 Å². The maximum Gasteiger partial charge on any atom is 0.355 e. The average Bonchev–Trinajstić information content (AvgIpc) is 3.24. The third-order valence-corrected chi connectivity index (χ3v) is 4.26. The van der Waals surface area contributed by atoms with Gasteiger partial charge >= 0.3 is 11.4 Å². The second kappa shape index (κ2) is 9.45. The number of hydrogen-bond donors (Lipinski definition) is 3. The maximum absolute atomic E-state index is 13.1. The summed E-state index contributed by atoms with van der Waals surface area (Å²) in [5.41, 5.74) is 11.0. The van der Waals surface area contributed by atoms with Crippen LogP contribution in [0.4, 0.5) is 5.95 Å². The van der Waals surface area contributed by atoms with Crippen LogP contribution in [0.25, 0.3) is 0 Å². The number of nitrogens with two attached hydrogens (primary N) is 2. The second-order valence-electron chi connectivity index (χ2n) is 6.39. The lowest BCUT2D eigenvalue weighted by molar-refractivity contribution is 0.414. The van der Waals surface area contributed by atoms with Gasteiger partial charge in [-0.05, 0) is 23.8 Å². The lowest BCUT2D eigenvalue weighted by atomic mass is 10.2. The Morgan fingerprint density at radius 1 is 1.13 bits per heavy atom. The smallest absolute Gasteiger partial charge is 0.355 e. The maximum atomic E-state index is 13.1. The molecule has 30 heavy (non-hydrogen) atoms. The Kier molecular flexibility index (Phi) is 6.53. The minimum atomic E-state index is -0.670. The molecule has 1 aromatic carbocycles. The Morgan fingerprint density at radius 2 is 1.87 bits per heavy atom. The first-order chi connectivity index (χ1) is 14.5. The van der Waals surface area contributed by atoms with Crippen LogP contribution in [0.15, 0.2) is 61.9 Å². The van der Waals surface area contributed by atoms with Gasteiger partial charge in [-0.25, -0.2) is 14.2 Å². The van der Waals surface area contributed by atoms with Crippen LogP contribution in [-0.2, 0) is 13.1 Å². The van der Waals surface area contributed by atoms with Gasteiger partial charge in [0.05, 0.1) is 39.3 Å². The molecule has 0 aliphatic rings. The summed E-state index contributed by atoms with van der Waals surface area (Å²) in [6.07, 6.45) is 2.95. The molecular weight excluding hydrogens is 390 g/mol. The number of nitrogens with zero attached hydrogens (tertiary/aromatic N) is 4. The van der Waals surface area contributed by atoms with E-state index in [0.29, 0.717) is 11.3 Å². The molecule has 0 atom stereocenters. The Bertz CT molecular complexity index is 1110. The summed E-state index contributed by atoms with van der Waals surface area (Å²) in [6.45, 7) is 0.807. The Morgan fingerprint density at radius 3 is 2.50 bits per heavy atom. The molecule has 0 saturated carbocycles. The summed E-state index contributed by atoms with van der Waals surface area (Å²) >= 11 is 0. The van der Waals surface area contributed by atoms with Crippen LogP contribution in [0, 0.1) is 0 Å². The molecule has 0 unspecified atom stereocenters. The summed E-state index contributed by atoms with van der Waals surface area (Å²) in [7, 11) is 1.58. The number of anilines is 1. The van der Waals surface area contributed by atoms with Gasteiger partial charge in [-0.2, -0.15) is 4.98 Å². The molecule has 0 radical (unpaired) electrons. The van der Waals surface area contributed by atoms with Gasteiger partial charge in [0.2, 0.25) is 5.95 Å². The minimum Gasteiger partial charge on any atom is -0.497 e. The SMILES string of the molecule is COc1ccc(Cn2c(NCCN=C(N)N)nc(=O)n(Cc3ccoc3)c2=O)cc1. The molecule has 0 bridgehead atoms. The van der Waals surface area contributed by atoms with E-state index in [9.17, 15) is 9.59 Å². The number of aliphatic imine (C=N–C) groups is 1. The Balaban J connectivity index is 1.96. The van der Waals surface area contributed by atoms with E-state index in [1.165, 1.54) is 17.1 Å². The number of nitrogens with one attached hydrogen (secondary N) is 1. The number of hydrogen-bond acceptors (Lipinski definition) is 7. The van der Waals surface area contributed by atoms with Crippen molar-refractivity contribution in [3.8, 4) is 5.75 Å². The summed E-state index contributed by atoms with van der Waals surface area (Å²) in [5.74, 6) is 0.788. The highest BCUT2D eigenvalue weighted by Crippen LogP contribution is 2.13. The molecule has 0 amide bonds. The number of rotatable bonds is 9. The molecule has 2 heterocycles. The van der Waals surface area contributed by atoms with Crippen molar-refractivity contribution in [1.82, 2.24) is 14.1 Å².